The molecule has 0 aromatic carbocycles. The van der Waals surface area contributed by atoms with Crippen molar-refractivity contribution >= 4 is 5.97 Å². The number of unbranched alkanes of at least 4 members (excludes halogenated alkanes) is 3. The summed E-state index contributed by atoms with van der Waals surface area (Å²) in [6.07, 6.45) is 10.1. The van der Waals surface area contributed by atoms with Gasteiger partial charge in [0.2, 0.25) is 0 Å². The molecule has 0 unspecified atom stereocenters. The van der Waals surface area contributed by atoms with Crippen LogP contribution in [0.15, 0.2) is 18.2 Å². The topological polar surface area (TPSA) is 93.5 Å². The summed E-state index contributed by atoms with van der Waals surface area (Å²) in [4.78, 5) is 13.9. The SMILES string of the molecule is CCCCC[C@@H](O)/C=C/[C@@H]1c2cc(CCCCC(=O)O)[nH]c2C[C@H]1O. The van der Waals surface area contributed by atoms with Gasteiger partial charge in [-0.05, 0) is 37.3 Å². The summed E-state index contributed by atoms with van der Waals surface area (Å²) in [5, 5.41) is 29.0. The molecule has 5 heteroatoms. The Kier molecular flexibility index (Phi) is 7.72. The number of aliphatic carboxylic acids is 1. The van der Waals surface area contributed by atoms with E-state index in [4.69, 9.17) is 5.11 Å². The highest BCUT2D eigenvalue weighted by atomic mass is 16.4. The highest BCUT2D eigenvalue weighted by molar-refractivity contribution is 5.66. The molecule has 0 saturated heterocycles. The van der Waals surface area contributed by atoms with Gasteiger partial charge in [-0.3, -0.25) is 4.79 Å². The van der Waals surface area contributed by atoms with Gasteiger partial charge >= 0.3 is 5.97 Å². The van der Waals surface area contributed by atoms with Crippen LogP contribution in [0.4, 0.5) is 0 Å². The smallest absolute Gasteiger partial charge is 0.303 e. The third kappa shape index (κ3) is 6.01. The van der Waals surface area contributed by atoms with Crippen LogP contribution in [0.3, 0.4) is 0 Å². The first-order valence-electron chi connectivity index (χ1n) is 9.48. The minimum atomic E-state index is -0.750. The maximum absolute atomic E-state index is 10.5. The van der Waals surface area contributed by atoms with Crippen LogP contribution >= 0.6 is 0 Å². The van der Waals surface area contributed by atoms with Crippen LogP contribution in [-0.4, -0.2) is 38.5 Å². The lowest BCUT2D eigenvalue weighted by Gasteiger charge is -2.12. The van der Waals surface area contributed by atoms with Gasteiger partial charge in [-0.1, -0.05) is 38.3 Å². The molecule has 0 aliphatic heterocycles. The van der Waals surface area contributed by atoms with Gasteiger partial charge in [0.15, 0.2) is 0 Å². The number of carboxylic acid groups (broad SMARTS) is 1. The minimum Gasteiger partial charge on any atom is -0.481 e. The van der Waals surface area contributed by atoms with E-state index in [0.717, 1.165) is 55.5 Å². The van der Waals surface area contributed by atoms with E-state index < -0.39 is 18.2 Å². The maximum atomic E-state index is 10.5. The van der Waals surface area contributed by atoms with Gasteiger partial charge in [0.05, 0.1) is 12.2 Å². The monoisotopic (exact) mass is 349 g/mol. The van der Waals surface area contributed by atoms with E-state index in [1.54, 1.807) is 0 Å². The van der Waals surface area contributed by atoms with Crippen molar-refractivity contribution in [3.63, 3.8) is 0 Å². The van der Waals surface area contributed by atoms with Crippen LogP contribution in [-0.2, 0) is 17.6 Å². The lowest BCUT2D eigenvalue weighted by Crippen LogP contribution is -2.13. The second kappa shape index (κ2) is 9.78. The van der Waals surface area contributed by atoms with E-state index in [0.29, 0.717) is 12.8 Å². The zero-order valence-electron chi connectivity index (χ0n) is 15.1. The average molecular weight is 349 g/mol. The predicted octanol–water partition coefficient (Wildman–Crippen LogP) is 3.31. The third-order valence-electron chi connectivity index (χ3n) is 4.91. The second-order valence-corrected chi connectivity index (χ2v) is 7.07. The number of aliphatic hydroxyl groups is 2. The molecule has 0 fully saturated rings. The molecule has 0 spiro atoms. The van der Waals surface area contributed by atoms with E-state index in [-0.39, 0.29) is 12.3 Å². The summed E-state index contributed by atoms with van der Waals surface area (Å²) in [7, 11) is 0. The first-order chi connectivity index (χ1) is 12.0. The van der Waals surface area contributed by atoms with Crippen molar-refractivity contribution in [1.82, 2.24) is 4.98 Å². The molecule has 0 bridgehead atoms. The number of H-pyrrole nitrogens is 1. The number of hydrogen-bond donors (Lipinski definition) is 4. The molecule has 4 N–H and O–H groups in total. The molecule has 0 saturated carbocycles. The molecule has 140 valence electrons. The lowest BCUT2D eigenvalue weighted by molar-refractivity contribution is -0.137. The molecule has 0 amide bonds. The van der Waals surface area contributed by atoms with Crippen molar-refractivity contribution in [3.05, 3.63) is 35.2 Å². The Balaban J connectivity index is 1.89. The van der Waals surface area contributed by atoms with Crippen molar-refractivity contribution in [2.45, 2.75) is 82.8 Å². The molecule has 1 aromatic rings. The fourth-order valence-electron chi connectivity index (χ4n) is 3.49. The number of hydrogen-bond acceptors (Lipinski definition) is 3. The Hall–Kier alpha value is -1.59. The quantitative estimate of drug-likeness (QED) is 0.364. The Morgan fingerprint density at radius 2 is 2.16 bits per heavy atom. The number of nitrogens with one attached hydrogen (secondary N) is 1. The molecule has 1 aliphatic carbocycles. The first-order valence-corrected chi connectivity index (χ1v) is 9.48. The van der Waals surface area contributed by atoms with Gasteiger partial charge < -0.3 is 20.3 Å². The summed E-state index contributed by atoms with van der Waals surface area (Å²) >= 11 is 0. The molecular weight excluding hydrogens is 318 g/mol. The summed E-state index contributed by atoms with van der Waals surface area (Å²) in [6.45, 7) is 2.14. The molecule has 2 rings (SSSR count). The van der Waals surface area contributed by atoms with Crippen molar-refractivity contribution in [1.29, 1.82) is 0 Å². The fourth-order valence-corrected chi connectivity index (χ4v) is 3.49. The second-order valence-electron chi connectivity index (χ2n) is 7.07. The van der Waals surface area contributed by atoms with Gasteiger partial charge in [0, 0.05) is 30.1 Å². The summed E-state index contributed by atoms with van der Waals surface area (Å²) < 4.78 is 0. The number of carbonyl (C=O) groups is 1. The third-order valence-corrected chi connectivity index (χ3v) is 4.91. The summed E-state index contributed by atoms with van der Waals surface area (Å²) in [5.74, 6) is -0.820. The van der Waals surface area contributed by atoms with Gasteiger partial charge in [-0.15, -0.1) is 0 Å². The van der Waals surface area contributed by atoms with Crippen LogP contribution in [0, 0.1) is 0 Å². The first kappa shape index (κ1) is 19.7. The zero-order chi connectivity index (χ0) is 18.2. The van der Waals surface area contributed by atoms with Crippen molar-refractivity contribution in [3.8, 4) is 0 Å². The molecule has 1 heterocycles. The number of aromatic nitrogens is 1. The fraction of sp³-hybridized carbons (Fsp3) is 0.650. The molecule has 1 aliphatic rings. The Morgan fingerprint density at radius 1 is 1.36 bits per heavy atom. The van der Waals surface area contributed by atoms with E-state index in [2.05, 4.69) is 18.0 Å². The van der Waals surface area contributed by atoms with Crippen LogP contribution in [0.1, 0.15) is 74.7 Å². The van der Waals surface area contributed by atoms with Gasteiger partial charge in [0.25, 0.3) is 0 Å². The van der Waals surface area contributed by atoms with E-state index in [1.807, 2.05) is 12.2 Å². The van der Waals surface area contributed by atoms with Crippen LogP contribution in [0.25, 0.3) is 0 Å². The zero-order valence-corrected chi connectivity index (χ0v) is 15.1. The number of aryl methyl sites for hydroxylation is 1. The largest absolute Gasteiger partial charge is 0.481 e. The van der Waals surface area contributed by atoms with Crippen molar-refractivity contribution in [2.75, 3.05) is 0 Å². The summed E-state index contributed by atoms with van der Waals surface area (Å²) in [6, 6.07) is 2.09. The average Bonchev–Trinajstić information content (AvgIpc) is 3.06. The molecule has 25 heavy (non-hydrogen) atoms. The predicted molar refractivity (Wildman–Crippen MR) is 97.7 cm³/mol. The Bertz CT molecular complexity index is 578. The lowest BCUT2D eigenvalue weighted by atomic mass is 9.98. The molecular formula is C20H31NO4. The van der Waals surface area contributed by atoms with E-state index in [1.165, 1.54) is 0 Å². The standard InChI is InChI=1S/C20H31NO4/c1-2-3-4-8-15(22)10-11-16-17-12-14(7-5-6-9-20(24)25)21-18(17)13-19(16)23/h10-12,15-16,19,21-23H,2-9,13H2,1H3,(H,24,25)/b11-10+/t15-,16-,19-/m1/s1. The molecule has 1 aromatic heterocycles. The summed E-state index contributed by atoms with van der Waals surface area (Å²) in [5.41, 5.74) is 3.28. The minimum absolute atomic E-state index is 0.0696. The number of aromatic amines is 1. The van der Waals surface area contributed by atoms with Gasteiger partial charge in [0.1, 0.15) is 0 Å². The molecule has 5 nitrogen and oxygen atoms in total. The van der Waals surface area contributed by atoms with Crippen LogP contribution < -0.4 is 0 Å². The number of aliphatic hydroxyl groups excluding tert-OH is 2. The highest BCUT2D eigenvalue weighted by Gasteiger charge is 2.31. The number of fused-ring (bicyclic) bond motifs is 1. The normalized spacial score (nSPS) is 20.9. The molecule has 3 atom stereocenters. The van der Waals surface area contributed by atoms with E-state index in [9.17, 15) is 15.0 Å². The van der Waals surface area contributed by atoms with Crippen LogP contribution in [0.5, 0.6) is 0 Å². The van der Waals surface area contributed by atoms with Crippen molar-refractivity contribution in [2.24, 2.45) is 0 Å². The van der Waals surface area contributed by atoms with Gasteiger partial charge in [-0.2, -0.15) is 0 Å². The van der Waals surface area contributed by atoms with Crippen molar-refractivity contribution < 1.29 is 20.1 Å². The highest BCUT2D eigenvalue weighted by Crippen LogP contribution is 2.35. The van der Waals surface area contributed by atoms with Gasteiger partial charge in [-0.25, -0.2) is 0 Å². The number of rotatable bonds is 11. The Labute approximate surface area is 149 Å². The molecule has 0 radical (unpaired) electrons. The van der Waals surface area contributed by atoms with E-state index >= 15 is 0 Å². The van der Waals surface area contributed by atoms with Crippen LogP contribution in [0.2, 0.25) is 0 Å². The Morgan fingerprint density at radius 3 is 2.88 bits per heavy atom. The number of carboxylic acids is 1. The maximum Gasteiger partial charge on any atom is 0.303 e.